The van der Waals surface area contributed by atoms with Crippen LogP contribution in [0, 0.1) is 5.92 Å². The fourth-order valence-corrected chi connectivity index (χ4v) is 3.34. The zero-order valence-corrected chi connectivity index (χ0v) is 12.7. The second-order valence-corrected chi connectivity index (χ2v) is 5.56. The van der Waals surface area contributed by atoms with Gasteiger partial charge >= 0.3 is 0 Å². The molecule has 3 heteroatoms. The average molecular weight is 282 g/mol. The first-order valence-corrected chi connectivity index (χ1v) is 7.62. The van der Waals surface area contributed by atoms with Crippen molar-refractivity contribution in [3.8, 4) is 5.75 Å². The summed E-state index contributed by atoms with van der Waals surface area (Å²) in [6, 6.07) is 12.9. The highest BCUT2D eigenvalue weighted by Crippen LogP contribution is 2.37. The predicted octanol–water partition coefficient (Wildman–Crippen LogP) is 3.16. The summed E-state index contributed by atoms with van der Waals surface area (Å²) in [6.07, 6.45) is 4.06. The summed E-state index contributed by atoms with van der Waals surface area (Å²) in [7, 11) is 1.72. The molecule has 2 aromatic rings. The number of nitrogens with zero attached hydrogens (tertiary/aromatic N) is 1. The van der Waals surface area contributed by atoms with Gasteiger partial charge < -0.3 is 10.1 Å². The lowest BCUT2D eigenvalue weighted by Gasteiger charge is -2.25. The summed E-state index contributed by atoms with van der Waals surface area (Å²) in [6.45, 7) is 3.07. The van der Waals surface area contributed by atoms with Crippen molar-refractivity contribution < 1.29 is 4.74 Å². The van der Waals surface area contributed by atoms with E-state index in [0.717, 1.165) is 30.8 Å². The molecule has 0 radical (unpaired) electrons. The van der Waals surface area contributed by atoms with E-state index in [1.165, 1.54) is 11.1 Å². The molecule has 1 aliphatic rings. The minimum absolute atomic E-state index is 0.235. The number of pyridine rings is 1. The minimum atomic E-state index is 0.235. The number of ether oxygens (including phenoxy) is 1. The number of methoxy groups -OCH3 is 1. The van der Waals surface area contributed by atoms with E-state index in [1.807, 2.05) is 18.3 Å². The van der Waals surface area contributed by atoms with E-state index in [4.69, 9.17) is 4.74 Å². The maximum Gasteiger partial charge on any atom is 0.141 e. The second kappa shape index (κ2) is 6.27. The number of benzene rings is 1. The minimum Gasteiger partial charge on any atom is -0.495 e. The molecule has 21 heavy (non-hydrogen) atoms. The van der Waals surface area contributed by atoms with Gasteiger partial charge in [0.25, 0.3) is 0 Å². The Morgan fingerprint density at radius 1 is 1.19 bits per heavy atom. The fraction of sp³-hybridized carbons (Fsp3) is 0.389. The highest BCUT2D eigenvalue weighted by Gasteiger charge is 2.31. The van der Waals surface area contributed by atoms with Crippen LogP contribution >= 0.6 is 0 Å². The fourth-order valence-electron chi connectivity index (χ4n) is 3.34. The van der Waals surface area contributed by atoms with Crippen LogP contribution in [-0.2, 0) is 12.8 Å². The lowest BCUT2D eigenvalue weighted by atomic mass is 9.93. The van der Waals surface area contributed by atoms with Crippen LogP contribution in [0.25, 0.3) is 0 Å². The predicted molar refractivity (Wildman–Crippen MR) is 84.5 cm³/mol. The standard InChI is InChI=1S/C18H22N2O/c1-3-19-17(18-16(21-2)9-6-10-20-18)15-11-13-7-4-5-8-14(13)12-15/h4-10,15,17,19H,3,11-12H2,1-2H3. The molecule has 0 saturated heterocycles. The second-order valence-electron chi connectivity index (χ2n) is 5.56. The van der Waals surface area contributed by atoms with Crippen LogP contribution < -0.4 is 10.1 Å². The Morgan fingerprint density at radius 3 is 2.52 bits per heavy atom. The number of hydrogen-bond donors (Lipinski definition) is 1. The molecule has 0 bridgehead atoms. The van der Waals surface area contributed by atoms with Crippen molar-refractivity contribution in [2.45, 2.75) is 25.8 Å². The van der Waals surface area contributed by atoms with Crippen LogP contribution in [0.3, 0.4) is 0 Å². The van der Waals surface area contributed by atoms with Gasteiger partial charge in [-0.25, -0.2) is 0 Å². The van der Waals surface area contributed by atoms with Crippen LogP contribution in [0.4, 0.5) is 0 Å². The van der Waals surface area contributed by atoms with Crippen molar-refractivity contribution in [3.63, 3.8) is 0 Å². The van der Waals surface area contributed by atoms with Gasteiger partial charge in [0.05, 0.1) is 18.8 Å². The molecule has 0 amide bonds. The molecule has 1 aromatic heterocycles. The zero-order valence-electron chi connectivity index (χ0n) is 12.7. The van der Waals surface area contributed by atoms with Crippen LogP contribution in [0.1, 0.15) is 29.8 Å². The van der Waals surface area contributed by atoms with E-state index in [2.05, 4.69) is 41.5 Å². The highest BCUT2D eigenvalue weighted by molar-refractivity contribution is 5.36. The summed E-state index contributed by atoms with van der Waals surface area (Å²) in [5, 5.41) is 3.61. The van der Waals surface area contributed by atoms with Gasteiger partial charge in [0.15, 0.2) is 0 Å². The number of aromatic nitrogens is 1. The van der Waals surface area contributed by atoms with E-state index in [0.29, 0.717) is 5.92 Å². The molecule has 3 nitrogen and oxygen atoms in total. The quantitative estimate of drug-likeness (QED) is 0.914. The van der Waals surface area contributed by atoms with Crippen molar-refractivity contribution in [2.75, 3.05) is 13.7 Å². The Balaban J connectivity index is 1.90. The van der Waals surface area contributed by atoms with Crippen LogP contribution in [0.5, 0.6) is 5.75 Å². The summed E-state index contributed by atoms with van der Waals surface area (Å²) < 4.78 is 5.51. The molecule has 0 spiro atoms. The Labute approximate surface area is 126 Å². The molecule has 1 unspecified atom stereocenters. The van der Waals surface area contributed by atoms with Crippen molar-refractivity contribution in [1.82, 2.24) is 10.3 Å². The van der Waals surface area contributed by atoms with Gasteiger partial charge in [-0.1, -0.05) is 31.2 Å². The normalized spacial score (nSPS) is 15.7. The summed E-state index contributed by atoms with van der Waals surface area (Å²) in [5.41, 5.74) is 3.97. The molecule has 1 heterocycles. The van der Waals surface area contributed by atoms with Crippen molar-refractivity contribution >= 4 is 0 Å². The molecule has 1 atom stereocenters. The maximum absolute atomic E-state index is 5.51. The average Bonchev–Trinajstić information content (AvgIpc) is 2.96. The number of hydrogen-bond acceptors (Lipinski definition) is 3. The van der Waals surface area contributed by atoms with Gasteiger partial charge in [-0.2, -0.15) is 0 Å². The molecule has 1 aliphatic carbocycles. The Hall–Kier alpha value is -1.87. The lowest BCUT2D eigenvalue weighted by Crippen LogP contribution is -2.30. The zero-order chi connectivity index (χ0) is 14.7. The molecular formula is C18H22N2O. The number of fused-ring (bicyclic) bond motifs is 1. The molecule has 3 rings (SSSR count). The van der Waals surface area contributed by atoms with E-state index < -0.39 is 0 Å². The molecule has 0 saturated carbocycles. The molecular weight excluding hydrogens is 260 g/mol. The van der Waals surface area contributed by atoms with Gasteiger partial charge in [0.2, 0.25) is 0 Å². The third kappa shape index (κ3) is 2.79. The van der Waals surface area contributed by atoms with Crippen molar-refractivity contribution in [1.29, 1.82) is 0 Å². The number of nitrogens with one attached hydrogen (secondary N) is 1. The molecule has 0 fully saturated rings. The molecule has 0 aliphatic heterocycles. The monoisotopic (exact) mass is 282 g/mol. The van der Waals surface area contributed by atoms with Gasteiger partial charge in [0.1, 0.15) is 5.75 Å². The molecule has 1 aromatic carbocycles. The van der Waals surface area contributed by atoms with Crippen molar-refractivity contribution in [2.24, 2.45) is 5.92 Å². The Bertz CT molecular complexity index is 587. The first-order valence-electron chi connectivity index (χ1n) is 7.62. The van der Waals surface area contributed by atoms with Crippen LogP contribution in [0.15, 0.2) is 42.6 Å². The third-order valence-corrected chi connectivity index (χ3v) is 4.29. The maximum atomic E-state index is 5.51. The van der Waals surface area contributed by atoms with Gasteiger partial charge in [-0.15, -0.1) is 0 Å². The first kappa shape index (κ1) is 14.1. The van der Waals surface area contributed by atoms with Gasteiger partial charge in [-0.3, -0.25) is 4.98 Å². The lowest BCUT2D eigenvalue weighted by molar-refractivity contribution is 0.345. The van der Waals surface area contributed by atoms with Crippen molar-refractivity contribution in [3.05, 3.63) is 59.4 Å². The largest absolute Gasteiger partial charge is 0.495 e. The first-order chi connectivity index (χ1) is 10.3. The topological polar surface area (TPSA) is 34.2 Å². The van der Waals surface area contributed by atoms with E-state index >= 15 is 0 Å². The number of rotatable bonds is 5. The van der Waals surface area contributed by atoms with E-state index in [1.54, 1.807) is 7.11 Å². The third-order valence-electron chi connectivity index (χ3n) is 4.29. The van der Waals surface area contributed by atoms with E-state index in [-0.39, 0.29) is 6.04 Å². The SMILES string of the molecule is CCNC(c1ncccc1OC)C1Cc2ccccc2C1. The summed E-state index contributed by atoms with van der Waals surface area (Å²) in [5.74, 6) is 1.41. The van der Waals surface area contributed by atoms with Gasteiger partial charge in [-0.05, 0) is 48.6 Å². The Morgan fingerprint density at radius 2 is 1.90 bits per heavy atom. The van der Waals surface area contributed by atoms with Gasteiger partial charge in [0, 0.05) is 6.20 Å². The highest BCUT2D eigenvalue weighted by atomic mass is 16.5. The van der Waals surface area contributed by atoms with Crippen LogP contribution in [0.2, 0.25) is 0 Å². The molecule has 1 N–H and O–H groups in total. The smallest absolute Gasteiger partial charge is 0.141 e. The van der Waals surface area contributed by atoms with Crippen LogP contribution in [-0.4, -0.2) is 18.6 Å². The summed E-state index contributed by atoms with van der Waals surface area (Å²) in [4.78, 5) is 4.59. The summed E-state index contributed by atoms with van der Waals surface area (Å²) >= 11 is 0. The molecule has 110 valence electrons. The Kier molecular flexibility index (Phi) is 4.20. The van der Waals surface area contributed by atoms with E-state index in [9.17, 15) is 0 Å².